The molecule has 0 bridgehead atoms. The highest BCUT2D eigenvalue weighted by Crippen LogP contribution is 2.31. The summed E-state index contributed by atoms with van der Waals surface area (Å²) in [6.45, 7) is 1.75. The van der Waals surface area contributed by atoms with Crippen LogP contribution in [0.4, 0.5) is 5.69 Å². The van der Waals surface area contributed by atoms with E-state index in [0.717, 1.165) is 0 Å². The van der Waals surface area contributed by atoms with E-state index >= 15 is 0 Å². The van der Waals surface area contributed by atoms with Gasteiger partial charge in [0.25, 0.3) is 0 Å². The van der Waals surface area contributed by atoms with Gasteiger partial charge in [0.2, 0.25) is 11.7 Å². The number of aromatic carboxylic acids is 1. The molecule has 6 nitrogen and oxygen atoms in total. The minimum absolute atomic E-state index is 0.139. The monoisotopic (exact) mass is 289 g/mol. The first kappa shape index (κ1) is 14.6. The first-order chi connectivity index (χ1) is 10.0. The van der Waals surface area contributed by atoms with E-state index in [1.807, 2.05) is 0 Å². The largest absolute Gasteiger partial charge is 0.495 e. The number of furan rings is 1. The Hall–Kier alpha value is -2.76. The third kappa shape index (κ3) is 3.22. The summed E-state index contributed by atoms with van der Waals surface area (Å²) in [5.41, 5.74) is 1.16. The van der Waals surface area contributed by atoms with Crippen molar-refractivity contribution in [1.29, 1.82) is 0 Å². The summed E-state index contributed by atoms with van der Waals surface area (Å²) in [5.74, 6) is -0.488. The first-order valence-electron chi connectivity index (χ1n) is 6.36. The molecule has 0 aliphatic heterocycles. The molecule has 0 atom stereocenters. The molecule has 21 heavy (non-hydrogen) atoms. The maximum absolute atomic E-state index is 11.5. The van der Waals surface area contributed by atoms with E-state index in [-0.39, 0.29) is 11.7 Å². The average molecular weight is 289 g/mol. The van der Waals surface area contributed by atoms with E-state index < -0.39 is 5.97 Å². The van der Waals surface area contributed by atoms with Gasteiger partial charge >= 0.3 is 5.97 Å². The summed E-state index contributed by atoms with van der Waals surface area (Å²) in [5, 5.41) is 11.6. The lowest BCUT2D eigenvalue weighted by Crippen LogP contribution is -2.10. The molecule has 1 aromatic carbocycles. The SMILES string of the molecule is CCC(=O)Nc1cc(-c2ccc(C(=O)O)o2)ccc1OC. The molecule has 0 aliphatic carbocycles. The van der Waals surface area contributed by atoms with Crippen LogP contribution in [0.25, 0.3) is 11.3 Å². The summed E-state index contributed by atoms with van der Waals surface area (Å²) >= 11 is 0. The minimum atomic E-state index is -1.13. The van der Waals surface area contributed by atoms with Crippen molar-refractivity contribution in [2.75, 3.05) is 12.4 Å². The van der Waals surface area contributed by atoms with Gasteiger partial charge in [-0.2, -0.15) is 0 Å². The molecule has 0 aliphatic rings. The van der Waals surface area contributed by atoms with Crippen LogP contribution < -0.4 is 10.1 Å². The van der Waals surface area contributed by atoms with Gasteiger partial charge in [-0.1, -0.05) is 6.92 Å². The van der Waals surface area contributed by atoms with Crippen molar-refractivity contribution < 1.29 is 23.8 Å². The lowest BCUT2D eigenvalue weighted by Gasteiger charge is -2.10. The van der Waals surface area contributed by atoms with Crippen molar-refractivity contribution >= 4 is 17.6 Å². The highest BCUT2D eigenvalue weighted by Gasteiger charge is 2.13. The Bertz CT molecular complexity index is 674. The standard InChI is InChI=1S/C15H15NO5/c1-3-14(17)16-10-8-9(4-5-12(10)20-2)11-6-7-13(21-11)15(18)19/h4-8H,3H2,1-2H3,(H,16,17)(H,18,19). The van der Waals surface area contributed by atoms with Gasteiger partial charge in [0, 0.05) is 12.0 Å². The van der Waals surface area contributed by atoms with Crippen molar-refractivity contribution in [3.8, 4) is 17.1 Å². The normalized spacial score (nSPS) is 10.2. The number of carboxylic acid groups (broad SMARTS) is 1. The topological polar surface area (TPSA) is 88.8 Å². The Morgan fingerprint density at radius 2 is 2.05 bits per heavy atom. The second-order valence-corrected chi connectivity index (χ2v) is 4.29. The van der Waals surface area contributed by atoms with E-state index in [2.05, 4.69) is 5.32 Å². The van der Waals surface area contributed by atoms with E-state index in [1.165, 1.54) is 13.2 Å². The fourth-order valence-corrected chi connectivity index (χ4v) is 1.81. The molecule has 1 heterocycles. The van der Waals surface area contributed by atoms with Crippen LogP contribution >= 0.6 is 0 Å². The number of anilines is 1. The van der Waals surface area contributed by atoms with Gasteiger partial charge in [-0.15, -0.1) is 0 Å². The molecule has 6 heteroatoms. The maximum atomic E-state index is 11.5. The molecule has 110 valence electrons. The first-order valence-corrected chi connectivity index (χ1v) is 6.36. The number of hydrogen-bond donors (Lipinski definition) is 2. The van der Waals surface area contributed by atoms with Gasteiger partial charge in [-0.05, 0) is 30.3 Å². The molecule has 2 N–H and O–H groups in total. The maximum Gasteiger partial charge on any atom is 0.371 e. The number of benzene rings is 1. The van der Waals surface area contributed by atoms with Crippen molar-refractivity contribution in [3.05, 3.63) is 36.1 Å². The van der Waals surface area contributed by atoms with Gasteiger partial charge < -0.3 is 19.6 Å². The molecule has 1 amide bonds. The average Bonchev–Trinajstić information content (AvgIpc) is 2.97. The van der Waals surface area contributed by atoms with Crippen LogP contribution in [0.1, 0.15) is 23.9 Å². The number of carboxylic acids is 1. The molecule has 0 saturated heterocycles. The summed E-state index contributed by atoms with van der Waals surface area (Å²) in [6, 6.07) is 8.04. The Kier molecular flexibility index (Phi) is 4.27. The number of amides is 1. The van der Waals surface area contributed by atoms with Crippen LogP contribution in [-0.4, -0.2) is 24.1 Å². The third-order valence-corrected chi connectivity index (χ3v) is 2.90. The second kappa shape index (κ2) is 6.13. The predicted octanol–water partition coefficient (Wildman–Crippen LogP) is 3.00. The summed E-state index contributed by atoms with van der Waals surface area (Å²) < 4.78 is 10.4. The molecule has 2 aromatic rings. The van der Waals surface area contributed by atoms with Crippen LogP contribution in [0.15, 0.2) is 34.7 Å². The van der Waals surface area contributed by atoms with Crippen molar-refractivity contribution in [3.63, 3.8) is 0 Å². The van der Waals surface area contributed by atoms with Crippen LogP contribution in [0.2, 0.25) is 0 Å². The van der Waals surface area contributed by atoms with Crippen LogP contribution in [0, 0.1) is 0 Å². The highest BCUT2D eigenvalue weighted by atomic mass is 16.5. The second-order valence-electron chi connectivity index (χ2n) is 4.29. The Morgan fingerprint density at radius 1 is 1.29 bits per heavy atom. The molecular formula is C15H15NO5. The minimum Gasteiger partial charge on any atom is -0.495 e. The van der Waals surface area contributed by atoms with E-state index in [0.29, 0.717) is 29.2 Å². The molecule has 0 saturated carbocycles. The summed E-state index contributed by atoms with van der Waals surface area (Å²) in [7, 11) is 1.51. The van der Waals surface area contributed by atoms with Gasteiger partial charge in [-0.25, -0.2) is 4.79 Å². The molecule has 2 rings (SSSR count). The zero-order valence-corrected chi connectivity index (χ0v) is 11.7. The summed E-state index contributed by atoms with van der Waals surface area (Å²) in [4.78, 5) is 22.3. The van der Waals surface area contributed by atoms with Crippen LogP contribution in [0.3, 0.4) is 0 Å². The predicted molar refractivity (Wildman–Crippen MR) is 76.6 cm³/mol. The summed E-state index contributed by atoms with van der Waals surface area (Å²) in [6.07, 6.45) is 0.345. The van der Waals surface area contributed by atoms with Gasteiger partial charge in [-0.3, -0.25) is 4.79 Å². The number of hydrogen-bond acceptors (Lipinski definition) is 4. The molecule has 0 fully saturated rings. The number of rotatable bonds is 5. The Balaban J connectivity index is 2.38. The van der Waals surface area contributed by atoms with Crippen LogP contribution in [0.5, 0.6) is 5.75 Å². The number of carbonyl (C=O) groups is 2. The number of nitrogens with one attached hydrogen (secondary N) is 1. The smallest absolute Gasteiger partial charge is 0.371 e. The lowest BCUT2D eigenvalue weighted by atomic mass is 10.1. The molecular weight excluding hydrogens is 274 g/mol. The fraction of sp³-hybridized carbons (Fsp3) is 0.200. The van der Waals surface area contributed by atoms with Crippen molar-refractivity contribution in [2.45, 2.75) is 13.3 Å². The third-order valence-electron chi connectivity index (χ3n) is 2.90. The fourth-order valence-electron chi connectivity index (χ4n) is 1.81. The Morgan fingerprint density at radius 3 is 2.62 bits per heavy atom. The number of carbonyl (C=O) groups excluding carboxylic acids is 1. The van der Waals surface area contributed by atoms with Gasteiger partial charge in [0.05, 0.1) is 12.8 Å². The van der Waals surface area contributed by atoms with Gasteiger partial charge in [0.1, 0.15) is 11.5 Å². The quantitative estimate of drug-likeness (QED) is 0.883. The van der Waals surface area contributed by atoms with E-state index in [9.17, 15) is 9.59 Å². The molecule has 1 aromatic heterocycles. The van der Waals surface area contributed by atoms with Crippen LogP contribution in [-0.2, 0) is 4.79 Å². The number of methoxy groups -OCH3 is 1. The van der Waals surface area contributed by atoms with E-state index in [1.54, 1.807) is 31.2 Å². The van der Waals surface area contributed by atoms with Crippen molar-refractivity contribution in [1.82, 2.24) is 0 Å². The molecule has 0 radical (unpaired) electrons. The zero-order valence-electron chi connectivity index (χ0n) is 11.7. The Labute approximate surface area is 121 Å². The van der Waals surface area contributed by atoms with Crippen molar-refractivity contribution in [2.24, 2.45) is 0 Å². The highest BCUT2D eigenvalue weighted by molar-refractivity contribution is 5.93. The number of ether oxygens (including phenoxy) is 1. The zero-order chi connectivity index (χ0) is 15.4. The lowest BCUT2D eigenvalue weighted by molar-refractivity contribution is -0.115. The van der Waals surface area contributed by atoms with Gasteiger partial charge in [0.15, 0.2) is 0 Å². The van der Waals surface area contributed by atoms with E-state index in [4.69, 9.17) is 14.3 Å². The molecule has 0 spiro atoms. The molecule has 0 unspecified atom stereocenters.